The minimum Gasteiger partial charge on any atom is -0.478 e. The van der Waals surface area contributed by atoms with Crippen LogP contribution in [0.4, 0.5) is 0 Å². The van der Waals surface area contributed by atoms with Crippen molar-refractivity contribution in [3.8, 4) is 0 Å². The fourth-order valence-electron chi connectivity index (χ4n) is 2.34. The van der Waals surface area contributed by atoms with Crippen LogP contribution in [-0.2, 0) is 15.6 Å². The molecule has 0 aliphatic rings. The molecule has 0 aromatic heterocycles. The number of benzene rings is 1. The highest BCUT2D eigenvalue weighted by Gasteiger charge is 2.39. The molecule has 5 heteroatoms. The van der Waals surface area contributed by atoms with Crippen LogP contribution in [0.15, 0.2) is 30.3 Å². The number of carbonyl (C=O) groups is 1. The van der Waals surface area contributed by atoms with Gasteiger partial charge < -0.3 is 14.4 Å². The topological polar surface area (TPSA) is 49.8 Å². The highest BCUT2D eigenvalue weighted by molar-refractivity contribution is 6.74. The van der Waals surface area contributed by atoms with Gasteiger partial charge in [-0.3, -0.25) is 0 Å². The molecule has 0 bridgehead atoms. The molecule has 0 aliphatic heterocycles. The number of hydrogen-bond donors (Lipinski definition) is 1. The minimum absolute atomic E-state index is 0.149. The maximum atomic E-state index is 10.6. The van der Waals surface area contributed by atoms with Crippen molar-refractivity contribution in [2.45, 2.75) is 51.4 Å². The van der Waals surface area contributed by atoms with E-state index in [9.17, 15) is 4.79 Å². The molecule has 0 fully saturated rings. The Hall–Kier alpha value is -1.43. The Balaban J connectivity index is 2.86. The van der Waals surface area contributed by atoms with Crippen molar-refractivity contribution < 1.29 is 14.3 Å². The Kier molecular flexibility index (Phi) is 7.59. The van der Waals surface area contributed by atoms with Crippen LogP contribution in [0.3, 0.4) is 0 Å². The summed E-state index contributed by atoms with van der Waals surface area (Å²) in [6.45, 7) is 12.2. The summed E-state index contributed by atoms with van der Waals surface area (Å²) < 4.78 is 6.63. The number of carboxylic acids is 1. The van der Waals surface area contributed by atoms with Gasteiger partial charge in [-0.15, -0.1) is 0 Å². The van der Waals surface area contributed by atoms with Gasteiger partial charge >= 0.3 is 5.97 Å². The summed E-state index contributed by atoms with van der Waals surface area (Å²) in [6, 6.07) is 8.01. The summed E-state index contributed by atoms with van der Waals surface area (Å²) in [5.74, 6) is -0.933. The van der Waals surface area contributed by atoms with Crippen molar-refractivity contribution in [1.29, 1.82) is 0 Å². The third-order valence-electron chi connectivity index (χ3n) is 4.70. The van der Waals surface area contributed by atoms with E-state index in [1.807, 2.05) is 12.1 Å². The maximum absolute atomic E-state index is 10.6. The van der Waals surface area contributed by atoms with E-state index >= 15 is 0 Å². The molecule has 1 rings (SSSR count). The summed E-state index contributed by atoms with van der Waals surface area (Å²) in [4.78, 5) is 12.8. The lowest BCUT2D eigenvalue weighted by molar-refractivity contribution is -0.131. The number of rotatable bonds is 8. The molecule has 1 unspecified atom stereocenters. The molecule has 0 spiro atoms. The Labute approximate surface area is 153 Å². The predicted octanol–water partition coefficient (Wildman–Crippen LogP) is 4.28. The number of aliphatic carboxylic acids is 1. The van der Waals surface area contributed by atoms with Gasteiger partial charge in [0.05, 0.1) is 6.10 Å². The quantitative estimate of drug-likeness (QED) is 0.553. The fraction of sp³-hybridized carbons (Fsp3) is 0.550. The molecule has 0 heterocycles. The fourth-order valence-corrected chi connectivity index (χ4v) is 3.68. The molecule has 0 saturated heterocycles. The van der Waals surface area contributed by atoms with Crippen LogP contribution in [0.25, 0.3) is 6.08 Å². The summed E-state index contributed by atoms with van der Waals surface area (Å²) in [5.41, 5.74) is 2.10. The molecular formula is C20H33NO3Si. The molecular weight excluding hydrogens is 330 g/mol. The first-order valence-electron chi connectivity index (χ1n) is 8.73. The van der Waals surface area contributed by atoms with Crippen LogP contribution in [0.2, 0.25) is 18.1 Å². The van der Waals surface area contributed by atoms with E-state index in [0.717, 1.165) is 24.6 Å². The van der Waals surface area contributed by atoms with Gasteiger partial charge in [-0.1, -0.05) is 45.0 Å². The highest BCUT2D eigenvalue weighted by Crippen LogP contribution is 2.37. The lowest BCUT2D eigenvalue weighted by Crippen LogP contribution is -2.47. The molecule has 0 radical (unpaired) electrons. The highest BCUT2D eigenvalue weighted by atomic mass is 28.4. The van der Waals surface area contributed by atoms with Crippen molar-refractivity contribution in [3.63, 3.8) is 0 Å². The molecule has 1 atom stereocenters. The van der Waals surface area contributed by atoms with Gasteiger partial charge in [-0.25, -0.2) is 4.79 Å². The second kappa shape index (κ2) is 8.78. The van der Waals surface area contributed by atoms with Crippen LogP contribution in [0.5, 0.6) is 0 Å². The van der Waals surface area contributed by atoms with E-state index in [-0.39, 0.29) is 11.1 Å². The van der Waals surface area contributed by atoms with Crippen molar-refractivity contribution in [3.05, 3.63) is 41.5 Å². The van der Waals surface area contributed by atoms with Crippen molar-refractivity contribution in [2.75, 3.05) is 20.6 Å². The van der Waals surface area contributed by atoms with E-state index in [1.165, 1.54) is 5.56 Å². The van der Waals surface area contributed by atoms with E-state index in [2.05, 4.69) is 65.0 Å². The second-order valence-electron chi connectivity index (χ2n) is 8.38. The van der Waals surface area contributed by atoms with E-state index in [0.29, 0.717) is 0 Å². The molecule has 140 valence electrons. The number of likely N-dealkylation sites (N-methyl/N-ethyl adjacent to an activating group) is 1. The molecule has 4 nitrogen and oxygen atoms in total. The zero-order valence-corrected chi connectivity index (χ0v) is 17.7. The average Bonchev–Trinajstić information content (AvgIpc) is 2.44. The number of hydrogen-bond acceptors (Lipinski definition) is 3. The third kappa shape index (κ3) is 7.55. The molecule has 0 saturated carbocycles. The molecule has 1 aromatic rings. The van der Waals surface area contributed by atoms with Crippen LogP contribution in [0, 0.1) is 0 Å². The number of carboxylic acid groups (broad SMARTS) is 1. The first-order chi connectivity index (χ1) is 11.4. The first kappa shape index (κ1) is 21.6. The Morgan fingerprint density at radius 3 is 2.24 bits per heavy atom. The van der Waals surface area contributed by atoms with E-state index < -0.39 is 14.3 Å². The summed E-state index contributed by atoms with van der Waals surface area (Å²) in [7, 11) is 2.31. The van der Waals surface area contributed by atoms with E-state index in [1.54, 1.807) is 6.08 Å². The zero-order chi connectivity index (χ0) is 19.3. The largest absolute Gasteiger partial charge is 0.478 e. The van der Waals surface area contributed by atoms with E-state index in [4.69, 9.17) is 9.53 Å². The Morgan fingerprint density at radius 1 is 1.24 bits per heavy atom. The standard InChI is InChI=1S/C20H33NO3Si/c1-20(2,3)25(6,7)24-18(15-21(4)5)14-17-10-8-16(9-11-17)12-13-19(22)23/h8-13,18H,14-15H2,1-7H3,(H,22,23)/b13-12+. The number of nitrogens with zero attached hydrogens (tertiary/aromatic N) is 1. The Morgan fingerprint density at radius 2 is 1.80 bits per heavy atom. The lowest BCUT2D eigenvalue weighted by atomic mass is 10.1. The van der Waals surface area contributed by atoms with Crippen molar-refractivity contribution in [1.82, 2.24) is 4.90 Å². The van der Waals surface area contributed by atoms with Gasteiger partial charge in [0.25, 0.3) is 0 Å². The first-order valence-corrected chi connectivity index (χ1v) is 11.6. The predicted molar refractivity (Wildman–Crippen MR) is 107 cm³/mol. The molecule has 1 aromatic carbocycles. The minimum atomic E-state index is -1.83. The second-order valence-corrected chi connectivity index (χ2v) is 13.1. The van der Waals surface area contributed by atoms with Gasteiger partial charge in [0.15, 0.2) is 8.32 Å². The average molecular weight is 364 g/mol. The molecule has 0 aliphatic carbocycles. The van der Waals surface area contributed by atoms with Gasteiger partial charge in [-0.2, -0.15) is 0 Å². The molecule has 25 heavy (non-hydrogen) atoms. The van der Waals surface area contributed by atoms with Crippen LogP contribution in [-0.4, -0.2) is 51.0 Å². The summed E-state index contributed by atoms with van der Waals surface area (Å²) >= 11 is 0. The molecule has 0 amide bonds. The normalized spacial score (nSPS) is 14.2. The van der Waals surface area contributed by atoms with Crippen LogP contribution >= 0.6 is 0 Å². The van der Waals surface area contributed by atoms with Gasteiger partial charge in [-0.05, 0) is 55.9 Å². The van der Waals surface area contributed by atoms with Crippen LogP contribution < -0.4 is 0 Å². The Bertz CT molecular complexity index is 586. The van der Waals surface area contributed by atoms with Gasteiger partial charge in [0, 0.05) is 12.6 Å². The van der Waals surface area contributed by atoms with Crippen molar-refractivity contribution in [2.24, 2.45) is 0 Å². The van der Waals surface area contributed by atoms with Gasteiger partial charge in [0.1, 0.15) is 0 Å². The third-order valence-corrected chi connectivity index (χ3v) is 9.23. The van der Waals surface area contributed by atoms with Crippen molar-refractivity contribution >= 4 is 20.4 Å². The van der Waals surface area contributed by atoms with Gasteiger partial charge in [0.2, 0.25) is 0 Å². The van der Waals surface area contributed by atoms with Crippen LogP contribution in [0.1, 0.15) is 31.9 Å². The SMILES string of the molecule is CN(C)CC(Cc1ccc(/C=C/C(=O)O)cc1)O[Si](C)(C)C(C)(C)C. The lowest BCUT2D eigenvalue weighted by Gasteiger charge is -2.40. The summed E-state index contributed by atoms with van der Waals surface area (Å²) in [6.07, 6.45) is 3.77. The molecule has 1 N–H and O–H groups in total. The summed E-state index contributed by atoms with van der Waals surface area (Å²) in [5, 5.41) is 8.89. The maximum Gasteiger partial charge on any atom is 0.328 e. The zero-order valence-electron chi connectivity index (χ0n) is 16.7. The smallest absolute Gasteiger partial charge is 0.328 e. The monoisotopic (exact) mass is 363 g/mol.